The van der Waals surface area contributed by atoms with E-state index in [0.29, 0.717) is 18.4 Å². The van der Waals surface area contributed by atoms with Crippen LogP contribution in [0.15, 0.2) is 6.20 Å². The van der Waals surface area contributed by atoms with E-state index in [1.807, 2.05) is 6.20 Å². The van der Waals surface area contributed by atoms with Gasteiger partial charge in [0.15, 0.2) is 0 Å². The molecule has 0 bridgehead atoms. The van der Waals surface area contributed by atoms with E-state index >= 15 is 0 Å². The molecule has 2 saturated heterocycles. The van der Waals surface area contributed by atoms with Crippen molar-refractivity contribution in [2.24, 2.45) is 0 Å². The lowest BCUT2D eigenvalue weighted by atomic mass is 9.96. The summed E-state index contributed by atoms with van der Waals surface area (Å²) in [6, 6.07) is 0. The molecule has 4 heterocycles. The molecule has 0 saturated carbocycles. The fourth-order valence-corrected chi connectivity index (χ4v) is 4.51. The second kappa shape index (κ2) is 8.01. The number of likely N-dealkylation sites (N-methyl/N-ethyl adjacent to an activating group) is 1. The first kappa shape index (κ1) is 17.9. The molecule has 26 heavy (non-hydrogen) atoms. The Kier molecular flexibility index (Phi) is 5.50. The van der Waals surface area contributed by atoms with Crippen molar-refractivity contribution in [3.8, 4) is 0 Å². The van der Waals surface area contributed by atoms with Crippen LogP contribution in [0.1, 0.15) is 55.1 Å². The molecule has 1 amide bonds. The maximum absolute atomic E-state index is 12.6. The number of rotatable bonds is 3. The minimum absolute atomic E-state index is 0.305. The second-order valence-electron chi connectivity index (χ2n) is 8.20. The molecule has 0 aliphatic carbocycles. The van der Waals surface area contributed by atoms with Crippen LogP contribution in [0.4, 0.5) is 0 Å². The number of amides is 1. The number of likely N-dealkylation sites (tertiary alicyclic amines) is 2. The molecule has 1 atom stereocenters. The van der Waals surface area contributed by atoms with Gasteiger partial charge in [-0.05, 0) is 45.7 Å². The highest BCUT2D eigenvalue weighted by Crippen LogP contribution is 2.26. The van der Waals surface area contributed by atoms with Crippen LogP contribution in [0.5, 0.6) is 0 Å². The van der Waals surface area contributed by atoms with Crippen molar-refractivity contribution in [1.82, 2.24) is 24.7 Å². The van der Waals surface area contributed by atoms with Gasteiger partial charge in [-0.3, -0.25) is 9.69 Å². The maximum atomic E-state index is 12.6. The van der Waals surface area contributed by atoms with Gasteiger partial charge in [-0.1, -0.05) is 0 Å². The van der Waals surface area contributed by atoms with Crippen molar-refractivity contribution >= 4 is 5.91 Å². The Morgan fingerprint density at radius 2 is 2.00 bits per heavy atom. The van der Waals surface area contributed by atoms with E-state index in [4.69, 9.17) is 9.97 Å². The molecule has 4 rings (SSSR count). The van der Waals surface area contributed by atoms with Crippen molar-refractivity contribution in [2.45, 2.75) is 51.0 Å². The van der Waals surface area contributed by atoms with Crippen molar-refractivity contribution in [3.05, 3.63) is 23.3 Å². The van der Waals surface area contributed by atoms with Gasteiger partial charge >= 0.3 is 0 Å². The van der Waals surface area contributed by atoms with Crippen LogP contribution in [0, 0.1) is 0 Å². The molecule has 0 aromatic carbocycles. The molecule has 2 fully saturated rings. The number of fused-ring (bicyclic) bond motifs is 1. The van der Waals surface area contributed by atoms with Crippen molar-refractivity contribution in [1.29, 1.82) is 0 Å². The standard InChI is InChI=1S/C20H31N5O/c1-23-11-7-18-17(13-23)12-21-20(22-18)16-6-5-8-24(14-16)15-19(26)25-9-3-2-4-10-25/h12,16H,2-11,13-15H2,1H3. The summed E-state index contributed by atoms with van der Waals surface area (Å²) in [6.45, 7) is 6.41. The van der Waals surface area contributed by atoms with Gasteiger partial charge in [0.1, 0.15) is 5.82 Å². The zero-order valence-corrected chi connectivity index (χ0v) is 16.0. The molecule has 3 aliphatic rings. The Morgan fingerprint density at radius 1 is 1.15 bits per heavy atom. The van der Waals surface area contributed by atoms with Crippen LogP contribution >= 0.6 is 0 Å². The Labute approximate surface area is 156 Å². The topological polar surface area (TPSA) is 52.6 Å². The SMILES string of the molecule is CN1CCc2nc(C3CCCN(CC(=O)N4CCCCC4)C3)ncc2C1. The van der Waals surface area contributed by atoms with E-state index in [1.54, 1.807) is 0 Å². The van der Waals surface area contributed by atoms with Crippen LogP contribution in [-0.2, 0) is 17.8 Å². The van der Waals surface area contributed by atoms with Gasteiger partial charge in [-0.2, -0.15) is 0 Å². The molecule has 1 aromatic heterocycles. The van der Waals surface area contributed by atoms with Crippen LogP contribution in [-0.4, -0.2) is 76.9 Å². The van der Waals surface area contributed by atoms with Gasteiger partial charge in [-0.25, -0.2) is 9.97 Å². The molecular weight excluding hydrogens is 326 g/mol. The number of hydrogen-bond donors (Lipinski definition) is 0. The van der Waals surface area contributed by atoms with Crippen molar-refractivity contribution in [3.63, 3.8) is 0 Å². The molecule has 1 unspecified atom stereocenters. The molecule has 0 radical (unpaired) electrons. The molecule has 6 nitrogen and oxygen atoms in total. The van der Waals surface area contributed by atoms with Crippen molar-refractivity contribution in [2.75, 3.05) is 46.3 Å². The van der Waals surface area contributed by atoms with Gasteiger partial charge in [0.2, 0.25) is 5.91 Å². The monoisotopic (exact) mass is 357 g/mol. The van der Waals surface area contributed by atoms with Crippen LogP contribution in [0.3, 0.4) is 0 Å². The zero-order valence-electron chi connectivity index (χ0n) is 16.0. The van der Waals surface area contributed by atoms with Crippen LogP contribution in [0.25, 0.3) is 0 Å². The highest BCUT2D eigenvalue weighted by molar-refractivity contribution is 5.78. The summed E-state index contributed by atoms with van der Waals surface area (Å²) in [4.78, 5) is 28.9. The predicted molar refractivity (Wildman–Crippen MR) is 101 cm³/mol. The lowest BCUT2D eigenvalue weighted by Crippen LogP contribution is -2.45. The smallest absolute Gasteiger partial charge is 0.236 e. The molecule has 0 spiro atoms. The van der Waals surface area contributed by atoms with Gasteiger partial charge in [-0.15, -0.1) is 0 Å². The second-order valence-corrected chi connectivity index (χ2v) is 8.20. The fraction of sp³-hybridized carbons (Fsp3) is 0.750. The number of piperidine rings is 2. The lowest BCUT2D eigenvalue weighted by molar-refractivity contribution is -0.133. The molecule has 142 valence electrons. The van der Waals surface area contributed by atoms with E-state index in [1.165, 1.54) is 17.7 Å². The van der Waals surface area contributed by atoms with E-state index in [9.17, 15) is 4.79 Å². The van der Waals surface area contributed by atoms with Gasteiger partial charge < -0.3 is 9.80 Å². The predicted octanol–water partition coefficient (Wildman–Crippen LogP) is 1.66. The summed E-state index contributed by atoms with van der Waals surface area (Å²) in [5.74, 6) is 1.66. The average Bonchev–Trinajstić information content (AvgIpc) is 2.68. The first-order valence-electron chi connectivity index (χ1n) is 10.2. The van der Waals surface area contributed by atoms with Crippen LogP contribution in [0.2, 0.25) is 0 Å². The highest BCUT2D eigenvalue weighted by atomic mass is 16.2. The number of hydrogen-bond acceptors (Lipinski definition) is 5. The summed E-state index contributed by atoms with van der Waals surface area (Å²) >= 11 is 0. The minimum atomic E-state index is 0.305. The molecule has 0 N–H and O–H groups in total. The first-order chi connectivity index (χ1) is 12.7. The summed E-state index contributed by atoms with van der Waals surface area (Å²) < 4.78 is 0. The Morgan fingerprint density at radius 3 is 2.85 bits per heavy atom. The van der Waals surface area contributed by atoms with E-state index in [-0.39, 0.29) is 0 Å². The largest absolute Gasteiger partial charge is 0.342 e. The number of aromatic nitrogens is 2. The van der Waals surface area contributed by atoms with E-state index in [2.05, 4.69) is 21.7 Å². The third kappa shape index (κ3) is 4.07. The molecule has 1 aromatic rings. The highest BCUT2D eigenvalue weighted by Gasteiger charge is 2.27. The van der Waals surface area contributed by atoms with Crippen LogP contribution < -0.4 is 0 Å². The van der Waals surface area contributed by atoms with E-state index < -0.39 is 0 Å². The van der Waals surface area contributed by atoms with Gasteiger partial charge in [0.25, 0.3) is 0 Å². The number of carbonyl (C=O) groups is 1. The third-order valence-corrected chi connectivity index (χ3v) is 6.08. The van der Waals surface area contributed by atoms with Gasteiger partial charge in [0, 0.05) is 62.5 Å². The molecule has 6 heteroatoms. The summed E-state index contributed by atoms with van der Waals surface area (Å²) in [7, 11) is 2.15. The maximum Gasteiger partial charge on any atom is 0.236 e. The fourth-order valence-electron chi connectivity index (χ4n) is 4.51. The Bertz CT molecular complexity index is 643. The average molecular weight is 358 g/mol. The first-order valence-corrected chi connectivity index (χ1v) is 10.2. The Balaban J connectivity index is 1.38. The molecular formula is C20H31N5O. The Hall–Kier alpha value is -1.53. The minimum Gasteiger partial charge on any atom is -0.342 e. The summed E-state index contributed by atoms with van der Waals surface area (Å²) in [5.41, 5.74) is 2.50. The summed E-state index contributed by atoms with van der Waals surface area (Å²) in [6.07, 6.45) is 8.89. The number of carbonyl (C=O) groups excluding carboxylic acids is 1. The van der Waals surface area contributed by atoms with E-state index in [0.717, 1.165) is 77.2 Å². The quantitative estimate of drug-likeness (QED) is 0.823. The lowest BCUT2D eigenvalue weighted by Gasteiger charge is -2.34. The summed E-state index contributed by atoms with van der Waals surface area (Å²) in [5, 5.41) is 0. The van der Waals surface area contributed by atoms with Gasteiger partial charge in [0.05, 0.1) is 6.54 Å². The number of nitrogens with zero attached hydrogens (tertiary/aromatic N) is 5. The molecule has 3 aliphatic heterocycles. The van der Waals surface area contributed by atoms with Crippen molar-refractivity contribution < 1.29 is 4.79 Å². The zero-order chi connectivity index (χ0) is 17.9. The third-order valence-electron chi connectivity index (χ3n) is 6.08. The normalized spacial score (nSPS) is 25.1.